The highest BCUT2D eigenvalue weighted by atomic mass is 32.1. The number of ether oxygens (including phenoxy) is 2. The molecular formula is C34H27N3O7S. The molecule has 3 heterocycles. The number of furan rings is 1. The van der Waals surface area contributed by atoms with Crippen LogP contribution in [0.2, 0.25) is 0 Å². The first kappa shape index (κ1) is 29.5. The van der Waals surface area contributed by atoms with Crippen LogP contribution in [0.3, 0.4) is 0 Å². The number of rotatable bonds is 8. The molecule has 0 bridgehead atoms. The average molecular weight is 622 g/mol. The van der Waals surface area contributed by atoms with E-state index in [1.54, 1.807) is 75.6 Å². The molecule has 1 aliphatic rings. The van der Waals surface area contributed by atoms with E-state index >= 15 is 0 Å². The molecule has 0 N–H and O–H groups in total. The smallest absolute Gasteiger partial charge is 0.338 e. The number of hydrogen-bond donors (Lipinski definition) is 0. The summed E-state index contributed by atoms with van der Waals surface area (Å²) in [5.74, 6) is 0.677. The van der Waals surface area contributed by atoms with Crippen molar-refractivity contribution in [2.24, 2.45) is 4.99 Å². The summed E-state index contributed by atoms with van der Waals surface area (Å²) >= 11 is 1.15. The van der Waals surface area contributed by atoms with E-state index in [0.29, 0.717) is 49.0 Å². The normalized spacial score (nSPS) is 14.6. The highest BCUT2D eigenvalue weighted by Gasteiger charge is 2.35. The Bertz CT molecular complexity index is 2140. The Labute approximate surface area is 261 Å². The maximum Gasteiger partial charge on any atom is 0.338 e. The second-order valence-electron chi connectivity index (χ2n) is 10.2. The van der Waals surface area contributed by atoms with E-state index in [2.05, 4.69) is 0 Å². The Morgan fingerprint density at radius 3 is 2.53 bits per heavy atom. The van der Waals surface area contributed by atoms with Crippen LogP contribution < -0.4 is 19.6 Å². The maximum atomic E-state index is 14.1. The largest absolute Gasteiger partial charge is 0.497 e. The van der Waals surface area contributed by atoms with Crippen LogP contribution in [0, 0.1) is 17.0 Å². The molecular weight excluding hydrogens is 594 g/mol. The fourth-order valence-corrected chi connectivity index (χ4v) is 6.23. The van der Waals surface area contributed by atoms with Crippen molar-refractivity contribution < 1.29 is 23.6 Å². The van der Waals surface area contributed by atoms with Crippen molar-refractivity contribution in [2.75, 3.05) is 13.7 Å². The highest BCUT2D eigenvalue weighted by molar-refractivity contribution is 7.07. The molecule has 0 saturated carbocycles. The van der Waals surface area contributed by atoms with Gasteiger partial charge in [-0.05, 0) is 55.3 Å². The van der Waals surface area contributed by atoms with Gasteiger partial charge in [-0.2, -0.15) is 0 Å². The van der Waals surface area contributed by atoms with Gasteiger partial charge in [-0.25, -0.2) is 9.79 Å². The topological polar surface area (TPSA) is 126 Å². The van der Waals surface area contributed by atoms with Gasteiger partial charge in [0.1, 0.15) is 17.3 Å². The van der Waals surface area contributed by atoms with Gasteiger partial charge in [0.15, 0.2) is 4.80 Å². The summed E-state index contributed by atoms with van der Waals surface area (Å²) in [7, 11) is 1.56. The lowest BCUT2D eigenvalue weighted by Crippen LogP contribution is -2.40. The summed E-state index contributed by atoms with van der Waals surface area (Å²) in [4.78, 5) is 44.2. The number of methoxy groups -OCH3 is 1. The highest BCUT2D eigenvalue weighted by Crippen LogP contribution is 2.36. The number of benzene rings is 3. The van der Waals surface area contributed by atoms with Crippen molar-refractivity contribution in [1.82, 2.24) is 4.57 Å². The van der Waals surface area contributed by atoms with Crippen molar-refractivity contribution in [3.8, 4) is 17.1 Å². The van der Waals surface area contributed by atoms with E-state index in [4.69, 9.17) is 18.9 Å². The predicted molar refractivity (Wildman–Crippen MR) is 170 cm³/mol. The second-order valence-corrected chi connectivity index (χ2v) is 11.2. The maximum absolute atomic E-state index is 14.1. The summed E-state index contributed by atoms with van der Waals surface area (Å²) in [6.07, 6.45) is 1.58. The summed E-state index contributed by atoms with van der Waals surface area (Å²) in [5.41, 5.74) is 2.64. The monoisotopic (exact) mass is 621 g/mol. The Hall–Kier alpha value is -5.55. The van der Waals surface area contributed by atoms with Crippen LogP contribution in [0.5, 0.6) is 5.75 Å². The van der Waals surface area contributed by atoms with E-state index in [9.17, 15) is 19.7 Å². The lowest BCUT2D eigenvalue weighted by molar-refractivity contribution is -0.384. The number of aromatic nitrogens is 1. The van der Waals surface area contributed by atoms with Gasteiger partial charge in [-0.3, -0.25) is 19.5 Å². The fourth-order valence-electron chi connectivity index (χ4n) is 5.25. The Morgan fingerprint density at radius 1 is 1.09 bits per heavy atom. The van der Waals surface area contributed by atoms with Crippen molar-refractivity contribution >= 4 is 34.8 Å². The molecule has 0 amide bonds. The molecule has 0 saturated heterocycles. The van der Waals surface area contributed by atoms with Crippen molar-refractivity contribution in [1.29, 1.82) is 0 Å². The first-order chi connectivity index (χ1) is 21.8. The second kappa shape index (κ2) is 12.2. The molecule has 1 atom stereocenters. The molecule has 2 aromatic heterocycles. The van der Waals surface area contributed by atoms with Gasteiger partial charge in [-0.1, -0.05) is 59.9 Å². The molecule has 10 nitrogen and oxygen atoms in total. The molecule has 5 aromatic rings. The first-order valence-corrected chi connectivity index (χ1v) is 14.9. The third-order valence-corrected chi connectivity index (χ3v) is 8.30. The van der Waals surface area contributed by atoms with Crippen LogP contribution in [0.1, 0.15) is 35.4 Å². The molecule has 3 aromatic carbocycles. The Balaban J connectivity index is 1.55. The molecule has 0 fully saturated rings. The number of nitro groups is 1. The predicted octanol–water partition coefficient (Wildman–Crippen LogP) is 5.42. The van der Waals surface area contributed by atoms with E-state index in [1.165, 1.54) is 10.6 Å². The number of aryl methyl sites for hydroxylation is 1. The van der Waals surface area contributed by atoms with Crippen LogP contribution in [0.25, 0.3) is 23.1 Å². The van der Waals surface area contributed by atoms with Gasteiger partial charge in [0, 0.05) is 17.7 Å². The summed E-state index contributed by atoms with van der Waals surface area (Å²) in [6, 6.07) is 23.8. The molecule has 6 rings (SSSR count). The standard InChI is InChI=1S/C34H27N3O7S/c1-4-43-33(39)29-30(21-8-6-5-7-9-21)35-34-36(31(29)22-11-13-23(42-3)14-12-22)32(38)28(45-34)19-24-15-17-27(44-24)25-16-10-20(2)18-26(25)37(40)41/h5-19,31H,4H2,1-3H3/b28-19-/t31-/m1/s1. The number of hydrogen-bond acceptors (Lipinski definition) is 9. The molecule has 45 heavy (non-hydrogen) atoms. The molecule has 11 heteroatoms. The van der Waals surface area contributed by atoms with Crippen molar-refractivity contribution in [2.45, 2.75) is 19.9 Å². The quantitative estimate of drug-likeness (QED) is 0.129. The van der Waals surface area contributed by atoms with Gasteiger partial charge >= 0.3 is 5.97 Å². The van der Waals surface area contributed by atoms with Crippen LogP contribution in [-0.2, 0) is 9.53 Å². The minimum atomic E-state index is -0.842. The summed E-state index contributed by atoms with van der Waals surface area (Å²) in [6.45, 7) is 3.64. The lowest BCUT2D eigenvalue weighted by Gasteiger charge is -2.26. The Morgan fingerprint density at radius 2 is 1.84 bits per heavy atom. The van der Waals surface area contributed by atoms with Gasteiger partial charge in [-0.15, -0.1) is 0 Å². The van der Waals surface area contributed by atoms with E-state index in [0.717, 1.165) is 16.9 Å². The van der Waals surface area contributed by atoms with Gasteiger partial charge in [0.05, 0.1) is 46.0 Å². The van der Waals surface area contributed by atoms with Crippen LogP contribution in [-0.4, -0.2) is 29.2 Å². The van der Waals surface area contributed by atoms with Crippen molar-refractivity contribution in [3.63, 3.8) is 0 Å². The first-order valence-electron chi connectivity index (χ1n) is 14.1. The van der Waals surface area contributed by atoms with E-state index < -0.39 is 16.9 Å². The molecule has 0 unspecified atom stereocenters. The van der Waals surface area contributed by atoms with E-state index in [1.807, 2.05) is 30.3 Å². The number of esters is 1. The van der Waals surface area contributed by atoms with Gasteiger partial charge in [0.2, 0.25) is 0 Å². The zero-order valence-corrected chi connectivity index (χ0v) is 25.4. The molecule has 1 aliphatic heterocycles. The minimum Gasteiger partial charge on any atom is -0.497 e. The van der Waals surface area contributed by atoms with E-state index in [-0.39, 0.29) is 23.4 Å². The number of carbonyl (C=O) groups is 1. The summed E-state index contributed by atoms with van der Waals surface area (Å²) < 4.78 is 18.6. The number of carbonyl (C=O) groups excluding carboxylic acids is 1. The molecule has 0 spiro atoms. The Kier molecular flexibility index (Phi) is 8.01. The number of fused-ring (bicyclic) bond motifs is 1. The number of thiazole rings is 1. The zero-order valence-electron chi connectivity index (χ0n) is 24.6. The summed E-state index contributed by atoms with van der Waals surface area (Å²) in [5, 5.41) is 11.7. The zero-order chi connectivity index (χ0) is 31.7. The third-order valence-electron chi connectivity index (χ3n) is 7.32. The molecule has 0 aliphatic carbocycles. The third kappa shape index (κ3) is 5.61. The SMILES string of the molecule is CCOC(=O)C1=C(c2ccccc2)N=c2s/c(=C\c3ccc(-c4ccc(C)cc4[N+](=O)[O-])o3)c(=O)n2[C@@H]1c1ccc(OC)cc1. The van der Waals surface area contributed by atoms with Crippen LogP contribution >= 0.6 is 11.3 Å². The minimum absolute atomic E-state index is 0.0744. The average Bonchev–Trinajstić information content (AvgIpc) is 3.64. The molecule has 226 valence electrons. The van der Waals surface area contributed by atoms with Gasteiger partial charge < -0.3 is 13.9 Å². The van der Waals surface area contributed by atoms with Gasteiger partial charge in [0.25, 0.3) is 11.2 Å². The van der Waals surface area contributed by atoms with Crippen LogP contribution in [0.15, 0.2) is 105 Å². The lowest BCUT2D eigenvalue weighted by atomic mass is 9.93. The van der Waals surface area contributed by atoms with Crippen LogP contribution in [0.4, 0.5) is 5.69 Å². The number of nitrogens with zero attached hydrogens (tertiary/aromatic N) is 3. The van der Waals surface area contributed by atoms with Crippen molar-refractivity contribution in [3.05, 3.63) is 143 Å². The number of nitro benzene ring substituents is 1. The molecule has 0 radical (unpaired) electrons. The fraction of sp³-hybridized carbons (Fsp3) is 0.147.